The van der Waals surface area contributed by atoms with Gasteiger partial charge in [-0.25, -0.2) is 0 Å². The Labute approximate surface area is 275 Å². The summed E-state index contributed by atoms with van der Waals surface area (Å²) in [5, 5.41) is 4.42. The maximum atomic E-state index is 13.9. The first-order valence-corrected chi connectivity index (χ1v) is 17.1. The molecule has 0 unspecified atom stereocenters. The maximum absolute atomic E-state index is 13.9. The number of fused-ring (bicyclic) bond motifs is 1. The van der Waals surface area contributed by atoms with Crippen LogP contribution in [0.2, 0.25) is 10.0 Å². The summed E-state index contributed by atoms with van der Waals surface area (Å²) in [5.41, 5.74) is 2.42. The lowest BCUT2D eigenvalue weighted by Gasteiger charge is -2.38. The molecule has 3 heterocycles. The smallest absolute Gasteiger partial charge is 0.257 e. The lowest BCUT2D eigenvalue weighted by molar-refractivity contribution is -0.133. The van der Waals surface area contributed by atoms with Gasteiger partial charge < -0.3 is 24.7 Å². The number of hydrogen-bond donors (Lipinski definition) is 2. The Morgan fingerprint density at radius 2 is 1.73 bits per heavy atom. The molecule has 3 fully saturated rings. The number of halogens is 2. The number of nitrogens with one attached hydrogen (secondary N) is 2. The Morgan fingerprint density at radius 3 is 2.49 bits per heavy atom. The van der Waals surface area contributed by atoms with Crippen LogP contribution in [0.15, 0.2) is 42.6 Å². The minimum Gasteiger partial charge on any atom is -0.376 e. The minimum absolute atomic E-state index is 0.000658. The van der Waals surface area contributed by atoms with Crippen LogP contribution in [0.5, 0.6) is 0 Å². The van der Waals surface area contributed by atoms with E-state index >= 15 is 0 Å². The number of likely N-dealkylation sites (tertiary alicyclic amines) is 1. The first-order valence-electron chi connectivity index (χ1n) is 16.3. The molecule has 1 saturated carbocycles. The summed E-state index contributed by atoms with van der Waals surface area (Å²) in [6.07, 6.45) is 7.82. The van der Waals surface area contributed by atoms with Crippen LogP contribution in [0.4, 0.5) is 5.69 Å². The second kappa shape index (κ2) is 14.0. The third-order valence-corrected chi connectivity index (χ3v) is 10.4. The van der Waals surface area contributed by atoms with E-state index < -0.39 is 0 Å². The third kappa shape index (κ3) is 7.52. The van der Waals surface area contributed by atoms with Gasteiger partial charge >= 0.3 is 0 Å². The number of carbonyl (C=O) groups is 2. The summed E-state index contributed by atoms with van der Waals surface area (Å²) < 4.78 is 12.4. The summed E-state index contributed by atoms with van der Waals surface area (Å²) in [6.45, 7) is 9.45. The highest BCUT2D eigenvalue weighted by Gasteiger charge is 2.40. The topological polar surface area (TPSA) is 86.9 Å². The van der Waals surface area contributed by atoms with Gasteiger partial charge in [0.1, 0.15) is 0 Å². The number of hydrogen-bond acceptors (Lipinski definition) is 5. The highest BCUT2D eigenvalue weighted by Crippen LogP contribution is 2.33. The van der Waals surface area contributed by atoms with Crippen LogP contribution in [0.25, 0.3) is 10.9 Å². The zero-order valence-corrected chi connectivity index (χ0v) is 27.9. The average Bonchev–Trinajstić information content (AvgIpc) is 3.64. The van der Waals surface area contributed by atoms with Gasteiger partial charge in [0.2, 0.25) is 5.91 Å². The van der Waals surface area contributed by atoms with Crippen LogP contribution >= 0.6 is 23.2 Å². The molecule has 1 aromatic heterocycles. The number of amides is 2. The number of nitrogens with zero attached hydrogens (tertiary/aromatic N) is 2. The van der Waals surface area contributed by atoms with Crippen molar-refractivity contribution in [1.82, 2.24) is 14.8 Å². The maximum Gasteiger partial charge on any atom is 0.257 e. The summed E-state index contributed by atoms with van der Waals surface area (Å²) in [5.74, 6) is 0.472. The summed E-state index contributed by atoms with van der Waals surface area (Å²) in [7, 11) is 0. The van der Waals surface area contributed by atoms with Crippen molar-refractivity contribution in [2.45, 2.75) is 89.7 Å². The SMILES string of the molecule is C[C@@H]1CN([C@H]2C[C@@H](CO[C@H]3CC[C@H](C)CC3)N(C(=O)Cc3cc(Cl)c(NC(=O)c4c[nH]c5ccccc45)cc3Cl)C2)C[C@H](C)O1. The van der Waals surface area contributed by atoms with Crippen LogP contribution in [0.3, 0.4) is 0 Å². The van der Waals surface area contributed by atoms with Gasteiger partial charge in [0.15, 0.2) is 0 Å². The molecule has 0 radical (unpaired) electrons. The van der Waals surface area contributed by atoms with Crippen molar-refractivity contribution in [3.8, 4) is 0 Å². The number of morpholine rings is 1. The van der Waals surface area contributed by atoms with Crippen molar-refractivity contribution >= 4 is 51.6 Å². The monoisotopic (exact) mass is 654 g/mol. The number of carbonyl (C=O) groups excluding carboxylic acids is 2. The van der Waals surface area contributed by atoms with Gasteiger partial charge in [-0.15, -0.1) is 0 Å². The average molecular weight is 656 g/mol. The van der Waals surface area contributed by atoms with Gasteiger partial charge in [-0.05, 0) is 75.6 Å². The number of H-pyrrole nitrogens is 1. The van der Waals surface area contributed by atoms with Gasteiger partial charge in [0, 0.05) is 47.8 Å². The molecule has 3 aromatic rings. The molecule has 8 nitrogen and oxygen atoms in total. The number of benzene rings is 2. The van der Waals surface area contributed by atoms with Crippen LogP contribution in [0, 0.1) is 5.92 Å². The second-order valence-corrected chi connectivity index (χ2v) is 14.1. The molecule has 0 bridgehead atoms. The van der Waals surface area contributed by atoms with Crippen LogP contribution in [-0.4, -0.2) is 83.2 Å². The third-order valence-electron chi connectivity index (χ3n) is 9.72. The van der Waals surface area contributed by atoms with Crippen molar-refractivity contribution in [3.05, 3.63) is 63.8 Å². The van der Waals surface area contributed by atoms with E-state index in [0.29, 0.717) is 40.0 Å². The predicted molar refractivity (Wildman–Crippen MR) is 179 cm³/mol. The molecular formula is C35H44Cl2N4O4. The van der Waals surface area contributed by atoms with Gasteiger partial charge in [0.25, 0.3) is 5.91 Å². The summed E-state index contributed by atoms with van der Waals surface area (Å²) >= 11 is 13.4. The van der Waals surface area contributed by atoms with E-state index in [-0.39, 0.29) is 48.6 Å². The zero-order chi connectivity index (χ0) is 31.7. The summed E-state index contributed by atoms with van der Waals surface area (Å²) in [4.78, 5) is 34.6. The molecule has 10 heteroatoms. The number of ether oxygens (including phenoxy) is 2. The van der Waals surface area contributed by atoms with Crippen molar-refractivity contribution < 1.29 is 19.1 Å². The quantitative estimate of drug-likeness (QED) is 0.275. The highest BCUT2D eigenvalue weighted by atomic mass is 35.5. The molecule has 6 rings (SSSR count). The Bertz CT molecular complexity index is 1510. The van der Waals surface area contributed by atoms with E-state index in [1.165, 1.54) is 12.8 Å². The standard InChI is InChI=1S/C35H44Cl2N4O4/c1-21-8-10-27(11-9-21)44-20-26-14-25(40-17-22(2)45-23(3)18-40)19-41(26)34(42)13-24-12-31(37)33(15-30(24)36)39-35(43)29-16-38-32-7-5-4-6-28(29)32/h4-7,12,15-16,21-23,25-27,38H,8-11,13-14,17-20H2,1-3H3,(H,39,43)/t21-,22-,23+,25-,26-,27-/m0/s1. The van der Waals surface area contributed by atoms with Gasteiger partial charge in [0.05, 0.1) is 53.7 Å². The number of para-hydroxylation sites is 1. The van der Waals surface area contributed by atoms with Crippen molar-refractivity contribution in [1.29, 1.82) is 0 Å². The molecule has 2 amide bonds. The Balaban J connectivity index is 1.14. The van der Waals surface area contributed by atoms with E-state index in [9.17, 15) is 9.59 Å². The normalized spacial score (nSPS) is 27.6. The fraction of sp³-hybridized carbons (Fsp3) is 0.543. The number of aromatic amines is 1. The van der Waals surface area contributed by atoms with Crippen molar-refractivity contribution in [2.24, 2.45) is 5.92 Å². The molecule has 3 aliphatic rings. The molecule has 1 aliphatic carbocycles. The predicted octanol–water partition coefficient (Wildman–Crippen LogP) is 6.94. The van der Waals surface area contributed by atoms with Crippen molar-refractivity contribution in [3.63, 3.8) is 0 Å². The Morgan fingerprint density at radius 1 is 1.00 bits per heavy atom. The van der Waals surface area contributed by atoms with Crippen LogP contribution < -0.4 is 5.32 Å². The molecule has 4 atom stereocenters. The molecule has 0 spiro atoms. The fourth-order valence-electron chi connectivity index (χ4n) is 7.31. The molecule has 2 N–H and O–H groups in total. The lowest BCUT2D eigenvalue weighted by atomic mass is 9.89. The lowest BCUT2D eigenvalue weighted by Crippen LogP contribution is -2.51. The molecule has 2 aliphatic heterocycles. The second-order valence-electron chi connectivity index (χ2n) is 13.3. The van der Waals surface area contributed by atoms with E-state index in [4.69, 9.17) is 32.7 Å². The first-order chi connectivity index (χ1) is 21.6. The molecular weight excluding hydrogens is 611 g/mol. The number of rotatable bonds is 8. The van der Waals surface area contributed by atoms with Gasteiger partial charge in [-0.3, -0.25) is 14.5 Å². The highest BCUT2D eigenvalue weighted by molar-refractivity contribution is 6.36. The number of aromatic nitrogens is 1. The molecule has 2 saturated heterocycles. The molecule has 242 valence electrons. The van der Waals surface area contributed by atoms with Crippen molar-refractivity contribution in [2.75, 3.05) is 31.6 Å². The van der Waals surface area contributed by atoms with Gasteiger partial charge in [-0.2, -0.15) is 0 Å². The Hall–Kier alpha value is -2.62. The van der Waals surface area contributed by atoms with Crippen LogP contribution in [0.1, 0.15) is 68.8 Å². The zero-order valence-electron chi connectivity index (χ0n) is 26.4. The minimum atomic E-state index is -0.292. The van der Waals surface area contributed by atoms with Gasteiger partial charge in [-0.1, -0.05) is 48.3 Å². The Kier molecular flexibility index (Phi) is 10.1. The van der Waals surface area contributed by atoms with E-state index in [1.54, 1.807) is 18.3 Å². The first kappa shape index (κ1) is 32.3. The molecule has 2 aromatic carbocycles. The van der Waals surface area contributed by atoms with E-state index in [0.717, 1.165) is 49.2 Å². The fourth-order valence-corrected chi connectivity index (χ4v) is 7.78. The number of anilines is 1. The largest absolute Gasteiger partial charge is 0.376 e. The van der Waals surface area contributed by atoms with Crippen LogP contribution in [-0.2, 0) is 20.7 Å². The van der Waals surface area contributed by atoms with E-state index in [2.05, 4.69) is 36.0 Å². The van der Waals surface area contributed by atoms with E-state index in [1.807, 2.05) is 29.2 Å². The molecule has 45 heavy (non-hydrogen) atoms. The summed E-state index contributed by atoms with van der Waals surface area (Å²) in [6, 6.07) is 11.2.